The molecule has 1 aromatic heterocycles. The Labute approximate surface area is 106 Å². The fraction of sp³-hybridized carbons (Fsp3) is 0.583. The van der Waals surface area contributed by atoms with Gasteiger partial charge in [-0.1, -0.05) is 6.92 Å². The molecule has 1 aliphatic heterocycles. The number of aromatic amines is 1. The molecule has 98 valence electrons. The fourth-order valence-electron chi connectivity index (χ4n) is 2.25. The number of rotatable bonds is 5. The first kappa shape index (κ1) is 12.8. The van der Waals surface area contributed by atoms with Crippen LogP contribution in [-0.2, 0) is 9.59 Å². The number of imide groups is 1. The van der Waals surface area contributed by atoms with Crippen LogP contribution in [-0.4, -0.2) is 39.3 Å². The van der Waals surface area contributed by atoms with Crippen molar-refractivity contribution in [2.24, 2.45) is 0 Å². The van der Waals surface area contributed by atoms with Crippen LogP contribution < -0.4 is 5.32 Å². The van der Waals surface area contributed by atoms with Crippen LogP contribution in [0.25, 0.3) is 0 Å². The maximum Gasteiger partial charge on any atom is 0.246 e. The number of imidazole rings is 1. The third-order valence-electron chi connectivity index (χ3n) is 3.22. The molecule has 2 atom stereocenters. The van der Waals surface area contributed by atoms with Crippen molar-refractivity contribution in [2.45, 2.75) is 38.8 Å². The van der Waals surface area contributed by atoms with E-state index >= 15 is 0 Å². The van der Waals surface area contributed by atoms with Gasteiger partial charge in [-0.3, -0.25) is 19.8 Å². The lowest BCUT2D eigenvalue weighted by Gasteiger charge is -2.19. The van der Waals surface area contributed by atoms with E-state index < -0.39 is 6.04 Å². The van der Waals surface area contributed by atoms with Gasteiger partial charge in [0, 0.05) is 18.9 Å². The number of hydrogen-bond donors (Lipinski definition) is 2. The average Bonchev–Trinajstić information content (AvgIpc) is 2.96. The highest BCUT2D eigenvalue weighted by Crippen LogP contribution is 2.18. The molecule has 1 aromatic rings. The first-order chi connectivity index (χ1) is 8.67. The van der Waals surface area contributed by atoms with Crippen molar-refractivity contribution >= 4 is 11.8 Å². The molecule has 6 heteroatoms. The van der Waals surface area contributed by atoms with Gasteiger partial charge in [0.25, 0.3) is 0 Å². The molecule has 0 aromatic carbocycles. The minimum atomic E-state index is -0.424. The number of nitrogens with zero attached hydrogens (tertiary/aromatic N) is 2. The van der Waals surface area contributed by atoms with Gasteiger partial charge in [0.05, 0.1) is 18.5 Å². The molecule has 1 fully saturated rings. The molecule has 0 bridgehead atoms. The smallest absolute Gasteiger partial charge is 0.246 e. The summed E-state index contributed by atoms with van der Waals surface area (Å²) < 4.78 is 0. The van der Waals surface area contributed by atoms with E-state index in [1.165, 1.54) is 4.90 Å². The van der Waals surface area contributed by atoms with E-state index in [0.29, 0.717) is 6.54 Å². The van der Waals surface area contributed by atoms with Crippen LogP contribution in [0.5, 0.6) is 0 Å². The molecule has 1 saturated heterocycles. The van der Waals surface area contributed by atoms with Gasteiger partial charge in [0.15, 0.2) is 0 Å². The number of amides is 2. The van der Waals surface area contributed by atoms with Crippen molar-refractivity contribution in [1.29, 1.82) is 0 Å². The molecule has 0 aliphatic carbocycles. The van der Waals surface area contributed by atoms with Gasteiger partial charge in [0.1, 0.15) is 5.82 Å². The van der Waals surface area contributed by atoms with Gasteiger partial charge in [-0.05, 0) is 13.3 Å². The van der Waals surface area contributed by atoms with Crippen molar-refractivity contribution in [3.05, 3.63) is 18.2 Å². The van der Waals surface area contributed by atoms with E-state index in [9.17, 15) is 9.59 Å². The predicted molar refractivity (Wildman–Crippen MR) is 65.6 cm³/mol. The Balaban J connectivity index is 2.05. The molecule has 2 N–H and O–H groups in total. The van der Waals surface area contributed by atoms with Gasteiger partial charge in [-0.15, -0.1) is 0 Å². The number of H-pyrrole nitrogens is 1. The zero-order chi connectivity index (χ0) is 13.1. The van der Waals surface area contributed by atoms with E-state index in [2.05, 4.69) is 15.3 Å². The second kappa shape index (κ2) is 5.30. The summed E-state index contributed by atoms with van der Waals surface area (Å²) in [5.41, 5.74) is 0. The maximum absolute atomic E-state index is 12.0. The summed E-state index contributed by atoms with van der Waals surface area (Å²) in [4.78, 5) is 32.1. The van der Waals surface area contributed by atoms with E-state index in [0.717, 1.165) is 12.2 Å². The lowest BCUT2D eigenvalue weighted by molar-refractivity contribution is -0.138. The Morgan fingerprint density at radius 1 is 1.56 bits per heavy atom. The van der Waals surface area contributed by atoms with Crippen molar-refractivity contribution in [1.82, 2.24) is 20.2 Å². The molecule has 6 nitrogen and oxygen atoms in total. The number of carbonyl (C=O) groups is 2. The van der Waals surface area contributed by atoms with Crippen LogP contribution in [0, 0.1) is 0 Å². The molecule has 0 spiro atoms. The Kier molecular flexibility index (Phi) is 3.76. The van der Waals surface area contributed by atoms with Crippen LogP contribution >= 0.6 is 0 Å². The normalized spacial score (nSPS) is 21.7. The highest BCUT2D eigenvalue weighted by Gasteiger charge is 2.38. The van der Waals surface area contributed by atoms with Crippen LogP contribution in [0.2, 0.25) is 0 Å². The van der Waals surface area contributed by atoms with Crippen molar-refractivity contribution in [3.8, 4) is 0 Å². The summed E-state index contributed by atoms with van der Waals surface area (Å²) in [5, 5.41) is 3.21. The number of aromatic nitrogens is 2. The summed E-state index contributed by atoms with van der Waals surface area (Å²) in [6.07, 6.45) is 4.47. The number of hydrogen-bond acceptors (Lipinski definition) is 4. The summed E-state index contributed by atoms with van der Waals surface area (Å²) in [7, 11) is 0. The lowest BCUT2D eigenvalue weighted by Crippen LogP contribution is -2.40. The quantitative estimate of drug-likeness (QED) is 0.750. The highest BCUT2D eigenvalue weighted by atomic mass is 16.2. The molecule has 2 unspecified atom stereocenters. The molecule has 0 radical (unpaired) electrons. The summed E-state index contributed by atoms with van der Waals surface area (Å²) in [5.74, 6) is 0.564. The van der Waals surface area contributed by atoms with Gasteiger partial charge in [-0.2, -0.15) is 0 Å². The Hall–Kier alpha value is -1.69. The Morgan fingerprint density at radius 2 is 2.33 bits per heavy atom. The minimum absolute atomic E-state index is 0.0291. The monoisotopic (exact) mass is 250 g/mol. The number of carbonyl (C=O) groups excluding carboxylic acids is 2. The molecular weight excluding hydrogens is 232 g/mol. The van der Waals surface area contributed by atoms with Gasteiger partial charge >= 0.3 is 0 Å². The van der Waals surface area contributed by atoms with E-state index in [1.807, 2.05) is 13.8 Å². The molecule has 0 saturated carbocycles. The lowest BCUT2D eigenvalue weighted by atomic mass is 10.1. The van der Waals surface area contributed by atoms with Crippen LogP contribution in [0.15, 0.2) is 12.4 Å². The van der Waals surface area contributed by atoms with E-state index in [4.69, 9.17) is 0 Å². The van der Waals surface area contributed by atoms with Crippen molar-refractivity contribution < 1.29 is 9.59 Å². The molecular formula is C12H18N4O2. The first-order valence-corrected chi connectivity index (χ1v) is 6.26. The minimum Gasteiger partial charge on any atom is -0.347 e. The maximum atomic E-state index is 12.0. The average molecular weight is 250 g/mol. The zero-order valence-corrected chi connectivity index (χ0v) is 10.6. The second-order valence-corrected chi connectivity index (χ2v) is 4.33. The third-order valence-corrected chi connectivity index (χ3v) is 3.22. The number of likely N-dealkylation sites (N-methyl/N-ethyl adjacent to an activating group) is 1. The summed E-state index contributed by atoms with van der Waals surface area (Å²) in [6.45, 7) is 4.26. The molecule has 2 amide bonds. The Bertz CT molecular complexity index is 429. The topological polar surface area (TPSA) is 78.1 Å². The molecule has 18 heavy (non-hydrogen) atoms. The number of nitrogens with one attached hydrogen (secondary N) is 2. The van der Waals surface area contributed by atoms with Gasteiger partial charge < -0.3 is 4.98 Å². The highest BCUT2D eigenvalue weighted by molar-refractivity contribution is 6.05. The predicted octanol–water partition coefficient (Wildman–Crippen LogP) is 0.598. The zero-order valence-electron chi connectivity index (χ0n) is 10.6. The summed E-state index contributed by atoms with van der Waals surface area (Å²) in [6, 6.07) is -0.453. The SMILES string of the molecule is CCC(NC1CC(=O)N(CC)C1=O)c1ncc[nH]1. The Morgan fingerprint density at radius 3 is 2.83 bits per heavy atom. The first-order valence-electron chi connectivity index (χ1n) is 6.26. The van der Waals surface area contributed by atoms with Gasteiger partial charge in [-0.25, -0.2) is 4.98 Å². The third kappa shape index (κ3) is 2.28. The van der Waals surface area contributed by atoms with Crippen molar-refractivity contribution in [2.75, 3.05) is 6.54 Å². The molecule has 2 heterocycles. The van der Waals surface area contributed by atoms with Crippen LogP contribution in [0.1, 0.15) is 38.6 Å². The van der Waals surface area contributed by atoms with Crippen LogP contribution in [0.3, 0.4) is 0 Å². The van der Waals surface area contributed by atoms with Gasteiger partial charge in [0.2, 0.25) is 11.8 Å². The van der Waals surface area contributed by atoms with E-state index in [-0.39, 0.29) is 24.3 Å². The fourth-order valence-corrected chi connectivity index (χ4v) is 2.25. The molecule has 1 aliphatic rings. The second-order valence-electron chi connectivity index (χ2n) is 4.33. The van der Waals surface area contributed by atoms with Crippen LogP contribution in [0.4, 0.5) is 0 Å². The molecule has 2 rings (SSSR count). The van der Waals surface area contributed by atoms with E-state index in [1.54, 1.807) is 12.4 Å². The van der Waals surface area contributed by atoms with Crippen molar-refractivity contribution in [3.63, 3.8) is 0 Å². The largest absolute Gasteiger partial charge is 0.347 e. The summed E-state index contributed by atoms with van der Waals surface area (Å²) >= 11 is 0. The number of likely N-dealkylation sites (tertiary alicyclic amines) is 1. The standard InChI is InChI=1S/C12H18N4O2/c1-3-8(11-13-5-6-14-11)15-9-7-10(17)16(4-2)12(9)18/h5-6,8-9,15H,3-4,7H2,1-2H3,(H,13,14).